The third-order valence-electron chi connectivity index (χ3n) is 7.32. The van der Waals surface area contributed by atoms with E-state index in [0.29, 0.717) is 18.8 Å². The van der Waals surface area contributed by atoms with Crippen LogP contribution < -0.4 is 4.90 Å². The van der Waals surface area contributed by atoms with Crippen LogP contribution in [0.4, 0.5) is 10.1 Å². The summed E-state index contributed by atoms with van der Waals surface area (Å²) in [5.41, 5.74) is 4.86. The van der Waals surface area contributed by atoms with Gasteiger partial charge in [0, 0.05) is 38.3 Å². The van der Waals surface area contributed by atoms with Crippen LogP contribution in [0.1, 0.15) is 43.4 Å². The lowest BCUT2D eigenvalue weighted by Gasteiger charge is -2.41. The molecule has 0 N–H and O–H groups in total. The molecule has 0 unspecified atom stereocenters. The van der Waals surface area contributed by atoms with Crippen molar-refractivity contribution in [1.82, 2.24) is 18.6 Å². The fraction of sp³-hybridized carbons (Fsp3) is 0.520. The highest BCUT2D eigenvalue weighted by Gasteiger charge is 2.31. The van der Waals surface area contributed by atoms with Crippen molar-refractivity contribution >= 4 is 34.5 Å². The van der Waals surface area contributed by atoms with E-state index in [-0.39, 0.29) is 11.7 Å². The maximum absolute atomic E-state index is 13.1. The molecule has 174 valence electrons. The van der Waals surface area contributed by atoms with Crippen LogP contribution in [0.3, 0.4) is 0 Å². The van der Waals surface area contributed by atoms with Crippen molar-refractivity contribution in [1.29, 1.82) is 0 Å². The van der Waals surface area contributed by atoms with Crippen LogP contribution in [0, 0.1) is 24.6 Å². The van der Waals surface area contributed by atoms with Gasteiger partial charge in [-0.2, -0.15) is 8.75 Å². The lowest BCUT2D eigenvalue weighted by molar-refractivity contribution is -0.132. The van der Waals surface area contributed by atoms with Gasteiger partial charge in [0.05, 0.1) is 17.4 Å². The molecule has 0 saturated carbocycles. The molecule has 2 aliphatic heterocycles. The Morgan fingerprint density at radius 2 is 1.70 bits per heavy atom. The number of amides is 1. The van der Waals surface area contributed by atoms with Crippen LogP contribution in [-0.4, -0.2) is 50.7 Å². The molecule has 8 heteroatoms. The molecule has 3 aromatic rings. The number of nitrogens with zero attached hydrogens (tertiary/aromatic N) is 5. The number of benzene rings is 1. The third kappa shape index (κ3) is 5.00. The van der Waals surface area contributed by atoms with Crippen molar-refractivity contribution in [3.8, 4) is 0 Å². The maximum atomic E-state index is 13.1. The van der Waals surface area contributed by atoms with Gasteiger partial charge >= 0.3 is 0 Å². The predicted octanol–water partition coefficient (Wildman–Crippen LogP) is 4.62. The largest absolute Gasteiger partial charge is 0.370 e. The molecular formula is C25H30FN5OS. The van der Waals surface area contributed by atoms with Crippen molar-refractivity contribution in [3.05, 3.63) is 47.4 Å². The van der Waals surface area contributed by atoms with Crippen molar-refractivity contribution in [3.63, 3.8) is 0 Å². The number of rotatable bonds is 5. The van der Waals surface area contributed by atoms with E-state index < -0.39 is 0 Å². The average Bonchev–Trinajstić information content (AvgIpc) is 3.32. The Bertz CT molecular complexity index is 1100. The third-order valence-corrected chi connectivity index (χ3v) is 7.84. The first-order valence-corrected chi connectivity index (χ1v) is 12.7. The van der Waals surface area contributed by atoms with E-state index in [1.54, 1.807) is 12.1 Å². The SMILES string of the molecule is Cc1cc(N2CCC(C3CCN(C(=O)CCc4ccc(F)cc4)CC3)CC2)c2nsnc2n1. The molecule has 4 heterocycles. The monoisotopic (exact) mass is 467 g/mol. The lowest BCUT2D eigenvalue weighted by Crippen LogP contribution is -2.43. The second-order valence-electron chi connectivity index (χ2n) is 9.39. The second-order valence-corrected chi connectivity index (χ2v) is 9.92. The molecule has 33 heavy (non-hydrogen) atoms. The van der Waals surface area contributed by atoms with Gasteiger partial charge in [0.15, 0.2) is 5.65 Å². The molecule has 0 atom stereocenters. The van der Waals surface area contributed by atoms with E-state index in [1.807, 2.05) is 11.8 Å². The Morgan fingerprint density at radius 1 is 1.03 bits per heavy atom. The van der Waals surface area contributed by atoms with Crippen molar-refractivity contribution < 1.29 is 9.18 Å². The van der Waals surface area contributed by atoms with Gasteiger partial charge in [-0.15, -0.1) is 0 Å². The number of hydrogen-bond donors (Lipinski definition) is 0. The molecule has 0 radical (unpaired) electrons. The zero-order valence-corrected chi connectivity index (χ0v) is 19.9. The lowest BCUT2D eigenvalue weighted by atomic mass is 9.78. The van der Waals surface area contributed by atoms with Gasteiger partial charge in [-0.3, -0.25) is 4.79 Å². The van der Waals surface area contributed by atoms with Gasteiger partial charge < -0.3 is 9.80 Å². The number of halogens is 1. The van der Waals surface area contributed by atoms with E-state index in [4.69, 9.17) is 0 Å². The Morgan fingerprint density at radius 3 is 2.39 bits per heavy atom. The number of aryl methyl sites for hydroxylation is 2. The van der Waals surface area contributed by atoms with Crippen molar-refractivity contribution in [2.45, 2.75) is 45.4 Å². The summed E-state index contributed by atoms with van der Waals surface area (Å²) in [6, 6.07) is 8.60. The smallest absolute Gasteiger partial charge is 0.222 e. The van der Waals surface area contributed by atoms with E-state index in [0.717, 1.165) is 67.4 Å². The number of carbonyl (C=O) groups is 1. The number of fused-ring (bicyclic) bond motifs is 1. The minimum Gasteiger partial charge on any atom is -0.370 e. The molecule has 2 fully saturated rings. The zero-order chi connectivity index (χ0) is 22.8. The van der Waals surface area contributed by atoms with Crippen molar-refractivity contribution in [2.24, 2.45) is 11.8 Å². The number of piperidine rings is 2. The summed E-state index contributed by atoms with van der Waals surface area (Å²) >= 11 is 1.23. The molecule has 0 bridgehead atoms. The molecule has 0 spiro atoms. The first kappa shape index (κ1) is 22.2. The molecule has 1 amide bonds. The summed E-state index contributed by atoms with van der Waals surface area (Å²) in [6.45, 7) is 5.82. The van der Waals surface area contributed by atoms with Crippen molar-refractivity contribution in [2.75, 3.05) is 31.1 Å². The molecular weight excluding hydrogens is 437 g/mol. The summed E-state index contributed by atoms with van der Waals surface area (Å²) < 4.78 is 21.9. The second kappa shape index (κ2) is 9.71. The Hall–Kier alpha value is -2.61. The number of pyridine rings is 1. The number of likely N-dealkylation sites (tertiary alicyclic amines) is 1. The summed E-state index contributed by atoms with van der Waals surface area (Å²) in [5.74, 6) is 1.42. The number of carbonyl (C=O) groups excluding carboxylic acids is 1. The van der Waals surface area contributed by atoms with Gasteiger partial charge in [-0.1, -0.05) is 12.1 Å². The van der Waals surface area contributed by atoms with Gasteiger partial charge in [0.2, 0.25) is 5.91 Å². The Labute approximate surface area is 198 Å². The molecule has 6 nitrogen and oxygen atoms in total. The quantitative estimate of drug-likeness (QED) is 0.548. The topological polar surface area (TPSA) is 62.2 Å². The Balaban J connectivity index is 1.10. The summed E-state index contributed by atoms with van der Waals surface area (Å²) in [6.07, 6.45) is 5.74. The zero-order valence-electron chi connectivity index (χ0n) is 19.0. The van der Waals surface area contributed by atoms with Crippen LogP contribution in [-0.2, 0) is 11.2 Å². The minimum absolute atomic E-state index is 0.224. The van der Waals surface area contributed by atoms with E-state index >= 15 is 0 Å². The van der Waals surface area contributed by atoms with Gasteiger partial charge in [0.1, 0.15) is 11.3 Å². The van der Waals surface area contributed by atoms with Gasteiger partial charge in [0.25, 0.3) is 0 Å². The first-order chi connectivity index (χ1) is 16.1. The molecule has 1 aromatic carbocycles. The minimum atomic E-state index is -0.234. The number of aromatic nitrogens is 3. The van der Waals surface area contributed by atoms with Crippen LogP contribution >= 0.6 is 11.7 Å². The summed E-state index contributed by atoms with van der Waals surface area (Å²) in [4.78, 5) is 21.6. The van der Waals surface area contributed by atoms with Gasteiger partial charge in [-0.05, 0) is 74.6 Å². The van der Waals surface area contributed by atoms with Gasteiger partial charge in [-0.25, -0.2) is 9.37 Å². The summed E-state index contributed by atoms with van der Waals surface area (Å²) in [7, 11) is 0. The molecule has 5 rings (SSSR count). The highest BCUT2D eigenvalue weighted by molar-refractivity contribution is 7.00. The Kier molecular flexibility index (Phi) is 6.53. The molecule has 0 aliphatic carbocycles. The molecule has 2 saturated heterocycles. The fourth-order valence-electron chi connectivity index (χ4n) is 5.42. The van der Waals surface area contributed by atoms with Crippen LogP contribution in [0.15, 0.2) is 30.3 Å². The number of anilines is 1. The van der Waals surface area contributed by atoms with Crippen LogP contribution in [0.25, 0.3) is 11.2 Å². The number of hydrogen-bond acceptors (Lipinski definition) is 6. The first-order valence-electron chi connectivity index (χ1n) is 11.9. The molecule has 2 aliphatic rings. The maximum Gasteiger partial charge on any atom is 0.222 e. The van der Waals surface area contributed by atoms with Crippen LogP contribution in [0.5, 0.6) is 0 Å². The average molecular weight is 468 g/mol. The highest BCUT2D eigenvalue weighted by atomic mass is 32.1. The van der Waals surface area contributed by atoms with Crippen LogP contribution in [0.2, 0.25) is 0 Å². The molecule has 2 aromatic heterocycles. The van der Waals surface area contributed by atoms with E-state index in [9.17, 15) is 9.18 Å². The normalized spacial score (nSPS) is 18.2. The summed E-state index contributed by atoms with van der Waals surface area (Å²) in [5, 5.41) is 0. The van der Waals surface area contributed by atoms with E-state index in [1.165, 1.54) is 42.4 Å². The highest BCUT2D eigenvalue weighted by Crippen LogP contribution is 2.35. The fourth-order valence-corrected chi connectivity index (χ4v) is 5.92. The standard InChI is InChI=1S/C25H30FN5OS/c1-17-16-22(24-25(27-17)29-33-28-24)30-12-8-19(9-13-30)20-10-14-31(15-11-20)23(32)7-4-18-2-5-21(26)6-3-18/h2-3,5-6,16,19-20H,4,7-15H2,1H3. The predicted molar refractivity (Wildman–Crippen MR) is 129 cm³/mol. The van der Waals surface area contributed by atoms with E-state index in [2.05, 4.69) is 24.7 Å².